The Labute approximate surface area is 107 Å². The number of hydrogen-bond acceptors (Lipinski definition) is 4. The third-order valence-electron chi connectivity index (χ3n) is 2.87. The molecule has 1 aromatic heterocycles. The molecule has 0 atom stereocenters. The maximum atomic E-state index is 13.6. The van der Waals surface area contributed by atoms with Crippen LogP contribution >= 0.6 is 15.9 Å². The number of halogens is 2. The summed E-state index contributed by atoms with van der Waals surface area (Å²) in [5, 5.41) is 3.04. The van der Waals surface area contributed by atoms with E-state index in [-0.39, 0.29) is 17.1 Å². The Kier molecular flexibility index (Phi) is 3.44. The van der Waals surface area contributed by atoms with E-state index in [0.29, 0.717) is 5.56 Å². The highest BCUT2D eigenvalue weighted by atomic mass is 79.9. The Morgan fingerprint density at radius 2 is 2.41 bits per heavy atom. The van der Waals surface area contributed by atoms with Gasteiger partial charge in [0.05, 0.1) is 7.11 Å². The normalized spacial score (nSPS) is 16.6. The van der Waals surface area contributed by atoms with Crippen molar-refractivity contribution in [3.63, 3.8) is 0 Å². The summed E-state index contributed by atoms with van der Waals surface area (Å²) in [5.74, 6) is -0.688. The number of nitrogens with one attached hydrogen (secondary N) is 1. The molecular formula is C11H12BrFN2O2. The van der Waals surface area contributed by atoms with Gasteiger partial charge in [-0.25, -0.2) is 9.37 Å². The van der Waals surface area contributed by atoms with E-state index in [0.717, 1.165) is 12.8 Å². The van der Waals surface area contributed by atoms with Gasteiger partial charge in [0, 0.05) is 18.3 Å². The first-order chi connectivity index (χ1) is 8.09. The van der Waals surface area contributed by atoms with Crippen LogP contribution in [-0.4, -0.2) is 23.6 Å². The maximum Gasteiger partial charge on any atom is 0.326 e. The Balaban J connectivity index is 2.03. The third kappa shape index (κ3) is 2.47. The second-order valence-corrected chi connectivity index (χ2v) is 4.75. The summed E-state index contributed by atoms with van der Waals surface area (Å²) in [6, 6.07) is 1.58. The molecule has 1 aromatic rings. The molecule has 4 nitrogen and oxygen atoms in total. The van der Waals surface area contributed by atoms with Crippen LogP contribution in [0.2, 0.25) is 0 Å². The molecule has 0 unspecified atom stereocenters. The van der Waals surface area contributed by atoms with Crippen molar-refractivity contribution in [1.29, 1.82) is 0 Å². The van der Waals surface area contributed by atoms with E-state index < -0.39 is 11.4 Å². The van der Waals surface area contributed by atoms with Crippen LogP contribution in [0.1, 0.15) is 18.4 Å². The Morgan fingerprint density at radius 3 is 3.00 bits per heavy atom. The van der Waals surface area contributed by atoms with Crippen LogP contribution in [0.3, 0.4) is 0 Å². The largest absolute Gasteiger partial charge is 0.468 e. The van der Waals surface area contributed by atoms with Crippen molar-refractivity contribution in [2.45, 2.75) is 24.9 Å². The topological polar surface area (TPSA) is 51.2 Å². The van der Waals surface area contributed by atoms with Crippen LogP contribution < -0.4 is 5.32 Å². The number of aromatic nitrogens is 1. The van der Waals surface area contributed by atoms with Crippen LogP contribution in [0, 0.1) is 5.82 Å². The molecule has 0 aliphatic heterocycles. The molecule has 0 amide bonds. The lowest BCUT2D eigenvalue weighted by molar-refractivity contribution is -0.144. The van der Waals surface area contributed by atoms with Gasteiger partial charge in [0.1, 0.15) is 10.1 Å². The summed E-state index contributed by atoms with van der Waals surface area (Å²) in [6.45, 7) is 0.280. The van der Waals surface area contributed by atoms with Crippen molar-refractivity contribution >= 4 is 21.9 Å². The lowest BCUT2D eigenvalue weighted by Crippen LogP contribution is -2.39. The molecule has 1 heterocycles. The van der Waals surface area contributed by atoms with E-state index in [2.05, 4.69) is 26.2 Å². The predicted octanol–water partition coefficient (Wildman–Crippen LogP) is 1.78. The minimum atomic E-state index is -0.614. The van der Waals surface area contributed by atoms with Gasteiger partial charge >= 0.3 is 5.97 Å². The van der Waals surface area contributed by atoms with Crippen molar-refractivity contribution in [3.8, 4) is 0 Å². The first kappa shape index (κ1) is 12.4. The van der Waals surface area contributed by atoms with Gasteiger partial charge in [-0.3, -0.25) is 10.1 Å². The number of carbonyl (C=O) groups is 1. The third-order valence-corrected chi connectivity index (χ3v) is 3.42. The number of carbonyl (C=O) groups excluding carboxylic acids is 1. The van der Waals surface area contributed by atoms with Gasteiger partial charge < -0.3 is 4.74 Å². The van der Waals surface area contributed by atoms with Gasteiger partial charge in [-0.15, -0.1) is 0 Å². The molecular weight excluding hydrogens is 291 g/mol. The van der Waals surface area contributed by atoms with Crippen LogP contribution in [0.15, 0.2) is 16.9 Å². The van der Waals surface area contributed by atoms with Crippen molar-refractivity contribution in [1.82, 2.24) is 10.3 Å². The highest BCUT2D eigenvalue weighted by molar-refractivity contribution is 9.10. The summed E-state index contributed by atoms with van der Waals surface area (Å²) in [6.07, 6.45) is 2.98. The molecule has 1 aliphatic rings. The van der Waals surface area contributed by atoms with Gasteiger partial charge in [-0.05, 0) is 34.8 Å². The van der Waals surface area contributed by atoms with Gasteiger partial charge in [0.15, 0.2) is 5.82 Å². The maximum absolute atomic E-state index is 13.6. The highest BCUT2D eigenvalue weighted by Gasteiger charge is 2.50. The fourth-order valence-corrected chi connectivity index (χ4v) is 2.00. The Morgan fingerprint density at radius 1 is 1.71 bits per heavy atom. The van der Waals surface area contributed by atoms with E-state index in [1.54, 1.807) is 6.07 Å². The fraction of sp³-hybridized carbons (Fsp3) is 0.455. The number of rotatable bonds is 4. The minimum absolute atomic E-state index is 0.180. The lowest BCUT2D eigenvalue weighted by atomic mass is 10.2. The molecule has 6 heteroatoms. The molecule has 1 saturated carbocycles. The van der Waals surface area contributed by atoms with Gasteiger partial charge in [-0.2, -0.15) is 0 Å². The number of hydrogen-bond donors (Lipinski definition) is 1. The molecule has 1 fully saturated rings. The molecule has 0 spiro atoms. The summed E-state index contributed by atoms with van der Waals surface area (Å²) in [5.41, 5.74) is -0.140. The highest BCUT2D eigenvalue weighted by Crippen LogP contribution is 2.36. The van der Waals surface area contributed by atoms with Crippen LogP contribution in [0.4, 0.5) is 4.39 Å². The Bertz CT molecular complexity index is 449. The summed E-state index contributed by atoms with van der Waals surface area (Å²) >= 11 is 3.02. The molecule has 92 valence electrons. The first-order valence-corrected chi connectivity index (χ1v) is 6.01. The molecule has 0 radical (unpaired) electrons. The molecule has 2 rings (SSSR count). The number of ether oxygens (including phenoxy) is 1. The summed E-state index contributed by atoms with van der Waals surface area (Å²) < 4.78 is 18.5. The summed E-state index contributed by atoms with van der Waals surface area (Å²) in [7, 11) is 1.35. The number of esters is 1. The van der Waals surface area contributed by atoms with Crippen molar-refractivity contribution in [2.75, 3.05) is 7.11 Å². The van der Waals surface area contributed by atoms with Crippen molar-refractivity contribution in [3.05, 3.63) is 28.2 Å². The van der Waals surface area contributed by atoms with E-state index in [1.807, 2.05) is 0 Å². The van der Waals surface area contributed by atoms with E-state index in [9.17, 15) is 9.18 Å². The van der Waals surface area contributed by atoms with Gasteiger partial charge in [-0.1, -0.05) is 0 Å². The molecule has 1 aliphatic carbocycles. The molecule has 0 saturated heterocycles. The molecule has 0 bridgehead atoms. The standard InChI is InChI=1S/C11H12BrFN2O2/c1-17-10(16)11(3-4-11)15-6-7-2-5-14-9(12)8(7)13/h2,5,15H,3-4,6H2,1H3. The number of pyridine rings is 1. The smallest absolute Gasteiger partial charge is 0.326 e. The fourth-order valence-electron chi connectivity index (χ4n) is 1.63. The average Bonchev–Trinajstić information content (AvgIpc) is 3.11. The second-order valence-electron chi connectivity index (χ2n) is 4.00. The summed E-state index contributed by atoms with van der Waals surface area (Å²) in [4.78, 5) is 15.2. The minimum Gasteiger partial charge on any atom is -0.468 e. The lowest BCUT2D eigenvalue weighted by Gasteiger charge is -2.15. The van der Waals surface area contributed by atoms with Crippen LogP contribution in [0.5, 0.6) is 0 Å². The van der Waals surface area contributed by atoms with Gasteiger partial charge in [0.25, 0.3) is 0 Å². The number of nitrogens with zero attached hydrogens (tertiary/aromatic N) is 1. The quantitative estimate of drug-likeness (QED) is 0.680. The monoisotopic (exact) mass is 302 g/mol. The van der Waals surface area contributed by atoms with E-state index in [4.69, 9.17) is 4.74 Å². The van der Waals surface area contributed by atoms with E-state index in [1.165, 1.54) is 13.3 Å². The zero-order chi connectivity index (χ0) is 12.5. The SMILES string of the molecule is COC(=O)C1(NCc2ccnc(Br)c2F)CC1. The van der Waals surface area contributed by atoms with Crippen molar-refractivity contribution in [2.24, 2.45) is 0 Å². The average molecular weight is 303 g/mol. The van der Waals surface area contributed by atoms with Crippen LogP contribution in [0.25, 0.3) is 0 Å². The predicted molar refractivity (Wildman–Crippen MR) is 62.7 cm³/mol. The zero-order valence-electron chi connectivity index (χ0n) is 9.30. The first-order valence-electron chi connectivity index (χ1n) is 5.21. The second kappa shape index (κ2) is 4.70. The molecule has 0 aromatic carbocycles. The molecule has 1 N–H and O–H groups in total. The zero-order valence-corrected chi connectivity index (χ0v) is 10.9. The van der Waals surface area contributed by atoms with Gasteiger partial charge in [0.2, 0.25) is 0 Å². The van der Waals surface area contributed by atoms with E-state index >= 15 is 0 Å². The van der Waals surface area contributed by atoms with Crippen molar-refractivity contribution < 1.29 is 13.9 Å². The van der Waals surface area contributed by atoms with Crippen LogP contribution in [-0.2, 0) is 16.1 Å². The molecule has 17 heavy (non-hydrogen) atoms. The number of methoxy groups -OCH3 is 1. The Hall–Kier alpha value is -1.01.